The third-order valence-electron chi connectivity index (χ3n) is 4.51. The number of rotatable bonds is 6. The Balaban J connectivity index is 1.82. The lowest BCUT2D eigenvalue weighted by molar-refractivity contribution is -0.151. The van der Waals surface area contributed by atoms with Gasteiger partial charge < -0.3 is 13.9 Å². The van der Waals surface area contributed by atoms with E-state index in [1.165, 1.54) is 13.4 Å². The predicted octanol–water partition coefficient (Wildman–Crippen LogP) is 2.26. The molecule has 1 aliphatic rings. The Morgan fingerprint density at radius 3 is 2.48 bits per heavy atom. The molecular formula is C19H21NO5. The highest BCUT2D eigenvalue weighted by molar-refractivity contribution is 5.90. The Bertz CT molecular complexity index is 755. The fraction of sp³-hybridized carbons (Fsp3) is 0.368. The van der Waals surface area contributed by atoms with Crippen LogP contribution in [0, 0.1) is 0 Å². The van der Waals surface area contributed by atoms with Gasteiger partial charge >= 0.3 is 11.9 Å². The lowest BCUT2D eigenvalue weighted by Gasteiger charge is -2.27. The average molecular weight is 343 g/mol. The molecule has 0 saturated heterocycles. The van der Waals surface area contributed by atoms with Gasteiger partial charge in [0.25, 0.3) is 0 Å². The van der Waals surface area contributed by atoms with E-state index in [1.807, 2.05) is 24.3 Å². The van der Waals surface area contributed by atoms with Crippen molar-refractivity contribution < 1.29 is 23.5 Å². The van der Waals surface area contributed by atoms with Crippen molar-refractivity contribution in [2.24, 2.45) is 0 Å². The van der Waals surface area contributed by atoms with E-state index in [2.05, 4.69) is 5.32 Å². The summed E-state index contributed by atoms with van der Waals surface area (Å²) in [7, 11) is 1.32. The smallest absolute Gasteiger partial charge is 0.341 e. The van der Waals surface area contributed by atoms with Crippen LogP contribution >= 0.6 is 0 Å². The summed E-state index contributed by atoms with van der Waals surface area (Å²) in [6, 6.07) is 9.52. The van der Waals surface area contributed by atoms with Crippen molar-refractivity contribution >= 4 is 11.9 Å². The van der Waals surface area contributed by atoms with E-state index in [0.29, 0.717) is 30.8 Å². The summed E-state index contributed by atoms with van der Waals surface area (Å²) in [4.78, 5) is 24.4. The van der Waals surface area contributed by atoms with Gasteiger partial charge in [-0.3, -0.25) is 10.1 Å². The second kappa shape index (κ2) is 7.11. The van der Waals surface area contributed by atoms with E-state index in [9.17, 15) is 9.59 Å². The van der Waals surface area contributed by atoms with Crippen LogP contribution in [-0.4, -0.2) is 31.2 Å². The molecule has 1 aromatic carbocycles. The Labute approximate surface area is 146 Å². The van der Waals surface area contributed by atoms with Crippen molar-refractivity contribution in [1.29, 1.82) is 0 Å². The van der Waals surface area contributed by atoms with Crippen molar-refractivity contribution in [3.63, 3.8) is 0 Å². The zero-order chi connectivity index (χ0) is 17.9. The number of hydrogen-bond acceptors (Lipinski definition) is 6. The minimum absolute atomic E-state index is 0.226. The topological polar surface area (TPSA) is 77.8 Å². The lowest BCUT2D eigenvalue weighted by atomic mass is 9.95. The predicted molar refractivity (Wildman–Crippen MR) is 90.1 cm³/mol. The standard InChI is InChI=1S/C19H21NO5/c1-3-24-18(22)19(10-13-6-4-5-7-14(13)11-19)20-12-16-15(8-9-25-16)17(21)23-2/h4-9,20H,3,10-12H2,1-2H3. The normalized spacial score (nSPS) is 14.8. The molecule has 0 saturated carbocycles. The maximum atomic E-state index is 12.7. The van der Waals surface area contributed by atoms with E-state index >= 15 is 0 Å². The van der Waals surface area contributed by atoms with Gasteiger partial charge in [-0.25, -0.2) is 4.79 Å². The number of fused-ring (bicyclic) bond motifs is 1. The Hall–Kier alpha value is -2.60. The third-order valence-corrected chi connectivity index (χ3v) is 4.51. The number of carbonyl (C=O) groups is 2. The first-order valence-corrected chi connectivity index (χ1v) is 8.23. The summed E-state index contributed by atoms with van der Waals surface area (Å²) >= 11 is 0. The minimum Gasteiger partial charge on any atom is -0.467 e. The highest BCUT2D eigenvalue weighted by atomic mass is 16.5. The zero-order valence-corrected chi connectivity index (χ0v) is 14.3. The third kappa shape index (κ3) is 3.30. The monoisotopic (exact) mass is 343 g/mol. The maximum Gasteiger partial charge on any atom is 0.341 e. The summed E-state index contributed by atoms with van der Waals surface area (Å²) < 4.78 is 15.4. The number of esters is 2. The number of ether oxygens (including phenoxy) is 2. The van der Waals surface area contributed by atoms with Crippen LogP contribution < -0.4 is 5.32 Å². The number of hydrogen-bond donors (Lipinski definition) is 1. The molecule has 0 unspecified atom stereocenters. The molecule has 0 fully saturated rings. The highest BCUT2D eigenvalue weighted by Crippen LogP contribution is 2.31. The number of methoxy groups -OCH3 is 1. The minimum atomic E-state index is -0.861. The summed E-state index contributed by atoms with van der Waals surface area (Å²) in [6.07, 6.45) is 2.51. The number of benzene rings is 1. The van der Waals surface area contributed by atoms with Gasteiger partial charge in [0, 0.05) is 12.8 Å². The lowest BCUT2D eigenvalue weighted by Crippen LogP contribution is -2.53. The Morgan fingerprint density at radius 2 is 1.88 bits per heavy atom. The molecule has 0 bridgehead atoms. The van der Waals surface area contributed by atoms with Crippen LogP contribution in [0.3, 0.4) is 0 Å². The SMILES string of the molecule is CCOC(=O)C1(NCc2occc2C(=O)OC)Cc2ccccc2C1. The molecule has 1 heterocycles. The van der Waals surface area contributed by atoms with Crippen molar-refractivity contribution in [1.82, 2.24) is 5.32 Å². The quantitative estimate of drug-likeness (QED) is 0.811. The fourth-order valence-electron chi connectivity index (χ4n) is 3.24. The van der Waals surface area contributed by atoms with Gasteiger partial charge in [-0.1, -0.05) is 24.3 Å². The van der Waals surface area contributed by atoms with Gasteiger partial charge in [-0.2, -0.15) is 0 Å². The van der Waals surface area contributed by atoms with Crippen LogP contribution in [0.1, 0.15) is 34.2 Å². The number of nitrogens with one attached hydrogen (secondary N) is 1. The van der Waals surface area contributed by atoms with Crippen LogP contribution in [0.15, 0.2) is 41.0 Å². The van der Waals surface area contributed by atoms with Crippen LogP contribution in [0.5, 0.6) is 0 Å². The van der Waals surface area contributed by atoms with Gasteiger partial charge in [0.15, 0.2) is 0 Å². The van der Waals surface area contributed by atoms with Crippen molar-refractivity contribution in [2.75, 3.05) is 13.7 Å². The molecule has 0 amide bonds. The molecule has 6 heteroatoms. The van der Waals surface area contributed by atoms with E-state index in [-0.39, 0.29) is 12.5 Å². The molecule has 2 aromatic rings. The molecular weight excluding hydrogens is 322 g/mol. The second-order valence-corrected chi connectivity index (χ2v) is 6.03. The first-order chi connectivity index (χ1) is 12.1. The molecule has 1 N–H and O–H groups in total. The van der Waals surface area contributed by atoms with Crippen LogP contribution in [0.4, 0.5) is 0 Å². The van der Waals surface area contributed by atoms with Crippen molar-refractivity contribution in [3.8, 4) is 0 Å². The first kappa shape index (κ1) is 17.2. The van der Waals surface area contributed by atoms with Gasteiger partial charge in [0.2, 0.25) is 0 Å². The molecule has 1 aliphatic carbocycles. The summed E-state index contributed by atoms with van der Waals surface area (Å²) in [6.45, 7) is 2.33. The van der Waals surface area contributed by atoms with E-state index in [0.717, 1.165) is 11.1 Å². The Morgan fingerprint density at radius 1 is 1.20 bits per heavy atom. The number of carbonyl (C=O) groups excluding carboxylic acids is 2. The van der Waals surface area contributed by atoms with Gasteiger partial charge in [0.1, 0.15) is 16.9 Å². The molecule has 25 heavy (non-hydrogen) atoms. The molecule has 0 spiro atoms. The molecule has 0 radical (unpaired) electrons. The molecule has 0 atom stereocenters. The molecule has 132 valence electrons. The van der Waals surface area contributed by atoms with Crippen molar-refractivity contribution in [3.05, 3.63) is 59.0 Å². The number of furan rings is 1. The highest BCUT2D eigenvalue weighted by Gasteiger charge is 2.45. The first-order valence-electron chi connectivity index (χ1n) is 8.23. The Kier molecular flexibility index (Phi) is 4.90. The molecule has 6 nitrogen and oxygen atoms in total. The zero-order valence-electron chi connectivity index (χ0n) is 14.3. The largest absolute Gasteiger partial charge is 0.467 e. The summed E-state index contributed by atoms with van der Waals surface area (Å²) in [5.41, 5.74) is 1.73. The summed E-state index contributed by atoms with van der Waals surface area (Å²) in [5.74, 6) is -0.325. The average Bonchev–Trinajstić information content (AvgIpc) is 3.24. The van der Waals surface area contributed by atoms with E-state index in [1.54, 1.807) is 13.0 Å². The van der Waals surface area contributed by atoms with Crippen LogP contribution in [0.2, 0.25) is 0 Å². The second-order valence-electron chi connectivity index (χ2n) is 6.03. The van der Waals surface area contributed by atoms with Gasteiger partial charge in [0.05, 0.1) is 26.5 Å². The van der Waals surface area contributed by atoms with E-state index < -0.39 is 11.5 Å². The fourth-order valence-corrected chi connectivity index (χ4v) is 3.24. The maximum absolute atomic E-state index is 12.7. The van der Waals surface area contributed by atoms with E-state index in [4.69, 9.17) is 13.9 Å². The van der Waals surface area contributed by atoms with Crippen LogP contribution in [-0.2, 0) is 33.7 Å². The van der Waals surface area contributed by atoms with Gasteiger partial charge in [-0.05, 0) is 24.1 Å². The van der Waals surface area contributed by atoms with Crippen LogP contribution in [0.25, 0.3) is 0 Å². The molecule has 0 aliphatic heterocycles. The summed E-state index contributed by atoms with van der Waals surface area (Å²) in [5, 5.41) is 3.27. The van der Waals surface area contributed by atoms with Crippen molar-refractivity contribution in [2.45, 2.75) is 31.8 Å². The van der Waals surface area contributed by atoms with Gasteiger partial charge in [-0.15, -0.1) is 0 Å². The molecule has 3 rings (SSSR count). The molecule has 1 aromatic heterocycles.